The molecule has 1 rings (SSSR count). The number of piperidine rings is 1. The Bertz CT molecular complexity index is 136. The van der Waals surface area contributed by atoms with E-state index in [2.05, 4.69) is 24.1 Å². The molecule has 2 nitrogen and oxygen atoms in total. The number of nitrogens with one attached hydrogen (secondary N) is 1. The van der Waals surface area contributed by atoms with E-state index < -0.39 is 0 Å². The van der Waals surface area contributed by atoms with E-state index in [9.17, 15) is 0 Å². The Hall–Kier alpha value is -0.0800. The summed E-state index contributed by atoms with van der Waals surface area (Å²) in [6.07, 6.45) is 5.54. The fourth-order valence-corrected chi connectivity index (χ4v) is 2.25. The molecule has 0 spiro atoms. The SMILES string of the molecule is CCNCCCCN1CCCC(C)C1. The summed E-state index contributed by atoms with van der Waals surface area (Å²) < 4.78 is 0. The molecule has 0 aliphatic carbocycles. The zero-order valence-electron chi connectivity index (χ0n) is 9.89. The van der Waals surface area contributed by atoms with Crippen LogP contribution in [0.25, 0.3) is 0 Å². The molecular formula is C12H26N2. The smallest absolute Gasteiger partial charge is 0.000703 e. The highest BCUT2D eigenvalue weighted by molar-refractivity contribution is 4.69. The summed E-state index contributed by atoms with van der Waals surface area (Å²) in [6, 6.07) is 0. The van der Waals surface area contributed by atoms with E-state index in [0.29, 0.717) is 0 Å². The quantitative estimate of drug-likeness (QED) is 0.658. The first-order valence-corrected chi connectivity index (χ1v) is 6.26. The van der Waals surface area contributed by atoms with Gasteiger partial charge in [-0.15, -0.1) is 0 Å². The molecule has 1 fully saturated rings. The summed E-state index contributed by atoms with van der Waals surface area (Å²) in [5.74, 6) is 0.928. The summed E-state index contributed by atoms with van der Waals surface area (Å²) in [5.41, 5.74) is 0. The van der Waals surface area contributed by atoms with E-state index in [1.807, 2.05) is 0 Å². The van der Waals surface area contributed by atoms with Gasteiger partial charge in [0.2, 0.25) is 0 Å². The minimum absolute atomic E-state index is 0.928. The second-order valence-corrected chi connectivity index (χ2v) is 4.61. The van der Waals surface area contributed by atoms with Gasteiger partial charge < -0.3 is 10.2 Å². The van der Waals surface area contributed by atoms with Gasteiger partial charge in [0, 0.05) is 6.54 Å². The van der Waals surface area contributed by atoms with Crippen LogP contribution in [0, 0.1) is 5.92 Å². The van der Waals surface area contributed by atoms with Crippen LogP contribution < -0.4 is 5.32 Å². The first-order chi connectivity index (χ1) is 6.83. The van der Waals surface area contributed by atoms with Gasteiger partial charge in [0.15, 0.2) is 0 Å². The molecule has 1 heterocycles. The third-order valence-corrected chi connectivity index (χ3v) is 3.07. The van der Waals surface area contributed by atoms with E-state index >= 15 is 0 Å². The van der Waals surface area contributed by atoms with Crippen LogP contribution in [-0.2, 0) is 0 Å². The van der Waals surface area contributed by atoms with Crippen molar-refractivity contribution in [2.24, 2.45) is 5.92 Å². The molecule has 0 saturated carbocycles. The van der Waals surface area contributed by atoms with Crippen molar-refractivity contribution < 1.29 is 0 Å². The molecule has 0 aromatic carbocycles. The van der Waals surface area contributed by atoms with Crippen LogP contribution in [0.1, 0.15) is 39.5 Å². The number of nitrogens with zero attached hydrogens (tertiary/aromatic N) is 1. The highest BCUT2D eigenvalue weighted by Crippen LogP contribution is 2.15. The van der Waals surface area contributed by atoms with Crippen molar-refractivity contribution in [1.29, 1.82) is 0 Å². The maximum atomic E-state index is 3.38. The summed E-state index contributed by atoms with van der Waals surface area (Å²) in [7, 11) is 0. The third kappa shape index (κ3) is 4.97. The Labute approximate surface area is 89.1 Å². The lowest BCUT2D eigenvalue weighted by Crippen LogP contribution is -2.35. The van der Waals surface area contributed by atoms with Crippen LogP contribution in [-0.4, -0.2) is 37.6 Å². The van der Waals surface area contributed by atoms with Crippen LogP contribution in [0.5, 0.6) is 0 Å². The maximum absolute atomic E-state index is 3.38. The zero-order valence-corrected chi connectivity index (χ0v) is 9.89. The molecule has 1 aliphatic heterocycles. The minimum Gasteiger partial charge on any atom is -0.317 e. The average molecular weight is 198 g/mol. The molecule has 1 atom stereocenters. The molecule has 0 aromatic rings. The lowest BCUT2D eigenvalue weighted by molar-refractivity contribution is 0.181. The normalized spacial score (nSPS) is 24.0. The molecule has 1 saturated heterocycles. The van der Waals surface area contributed by atoms with E-state index in [4.69, 9.17) is 0 Å². The Morgan fingerprint density at radius 3 is 2.93 bits per heavy atom. The molecule has 14 heavy (non-hydrogen) atoms. The minimum atomic E-state index is 0.928. The highest BCUT2D eigenvalue weighted by Gasteiger charge is 2.14. The number of hydrogen-bond acceptors (Lipinski definition) is 2. The van der Waals surface area contributed by atoms with E-state index in [0.717, 1.165) is 12.5 Å². The van der Waals surface area contributed by atoms with Crippen LogP contribution in [0.15, 0.2) is 0 Å². The third-order valence-electron chi connectivity index (χ3n) is 3.07. The summed E-state index contributed by atoms with van der Waals surface area (Å²) in [5, 5.41) is 3.38. The first-order valence-electron chi connectivity index (χ1n) is 6.26. The molecule has 1 N–H and O–H groups in total. The van der Waals surface area contributed by atoms with Crippen molar-refractivity contribution in [2.75, 3.05) is 32.7 Å². The summed E-state index contributed by atoms with van der Waals surface area (Å²) in [4.78, 5) is 2.64. The largest absolute Gasteiger partial charge is 0.317 e. The second-order valence-electron chi connectivity index (χ2n) is 4.61. The van der Waals surface area contributed by atoms with Crippen molar-refractivity contribution in [3.63, 3.8) is 0 Å². The van der Waals surface area contributed by atoms with Gasteiger partial charge in [0.1, 0.15) is 0 Å². The van der Waals surface area contributed by atoms with Gasteiger partial charge in [-0.05, 0) is 57.8 Å². The Balaban J connectivity index is 1.95. The number of likely N-dealkylation sites (tertiary alicyclic amines) is 1. The van der Waals surface area contributed by atoms with Gasteiger partial charge in [0.25, 0.3) is 0 Å². The maximum Gasteiger partial charge on any atom is 0.000703 e. The molecule has 1 aliphatic rings. The second kappa shape index (κ2) is 7.24. The molecule has 0 aromatic heterocycles. The van der Waals surface area contributed by atoms with E-state index in [-0.39, 0.29) is 0 Å². The fourth-order valence-electron chi connectivity index (χ4n) is 2.25. The monoisotopic (exact) mass is 198 g/mol. The van der Waals surface area contributed by atoms with E-state index in [1.165, 1.54) is 51.9 Å². The van der Waals surface area contributed by atoms with Gasteiger partial charge >= 0.3 is 0 Å². The van der Waals surface area contributed by atoms with Crippen LogP contribution in [0.3, 0.4) is 0 Å². The number of hydrogen-bond donors (Lipinski definition) is 1. The van der Waals surface area contributed by atoms with Gasteiger partial charge in [-0.1, -0.05) is 13.8 Å². The number of rotatable bonds is 6. The topological polar surface area (TPSA) is 15.3 Å². The predicted molar refractivity (Wildman–Crippen MR) is 62.6 cm³/mol. The van der Waals surface area contributed by atoms with Crippen molar-refractivity contribution >= 4 is 0 Å². The molecule has 2 heteroatoms. The van der Waals surface area contributed by atoms with Gasteiger partial charge in [-0.25, -0.2) is 0 Å². The molecular weight excluding hydrogens is 172 g/mol. The molecule has 0 amide bonds. The lowest BCUT2D eigenvalue weighted by atomic mass is 10.0. The van der Waals surface area contributed by atoms with Crippen molar-refractivity contribution in [2.45, 2.75) is 39.5 Å². The van der Waals surface area contributed by atoms with Gasteiger partial charge in [0.05, 0.1) is 0 Å². The standard InChI is InChI=1S/C12H26N2/c1-3-13-8-4-5-9-14-10-6-7-12(2)11-14/h12-13H,3-11H2,1-2H3. The summed E-state index contributed by atoms with van der Waals surface area (Å²) >= 11 is 0. The summed E-state index contributed by atoms with van der Waals surface area (Å²) in [6.45, 7) is 10.8. The van der Waals surface area contributed by atoms with Crippen LogP contribution in [0.2, 0.25) is 0 Å². The van der Waals surface area contributed by atoms with Crippen LogP contribution in [0.4, 0.5) is 0 Å². The first kappa shape index (κ1) is 12.0. The Morgan fingerprint density at radius 2 is 2.21 bits per heavy atom. The molecule has 84 valence electrons. The molecule has 1 unspecified atom stereocenters. The van der Waals surface area contributed by atoms with Gasteiger partial charge in [-0.2, -0.15) is 0 Å². The number of unbranched alkanes of at least 4 members (excludes halogenated alkanes) is 1. The average Bonchev–Trinajstić information content (AvgIpc) is 2.18. The predicted octanol–water partition coefficient (Wildman–Crippen LogP) is 2.11. The zero-order chi connectivity index (χ0) is 10.2. The van der Waals surface area contributed by atoms with Crippen LogP contribution >= 0.6 is 0 Å². The Kier molecular flexibility index (Phi) is 6.20. The fraction of sp³-hybridized carbons (Fsp3) is 1.00. The van der Waals surface area contributed by atoms with Crippen molar-refractivity contribution in [1.82, 2.24) is 10.2 Å². The molecule has 0 bridgehead atoms. The lowest BCUT2D eigenvalue weighted by Gasteiger charge is -2.30. The van der Waals surface area contributed by atoms with Crippen molar-refractivity contribution in [3.8, 4) is 0 Å². The van der Waals surface area contributed by atoms with E-state index in [1.54, 1.807) is 0 Å². The highest BCUT2D eigenvalue weighted by atomic mass is 15.1. The Morgan fingerprint density at radius 1 is 1.36 bits per heavy atom. The van der Waals surface area contributed by atoms with Gasteiger partial charge in [-0.3, -0.25) is 0 Å². The van der Waals surface area contributed by atoms with Crippen molar-refractivity contribution in [3.05, 3.63) is 0 Å². The molecule has 0 radical (unpaired) electrons.